The molecule has 2 rings (SSSR count). The van der Waals surface area contributed by atoms with Crippen LogP contribution in [-0.4, -0.2) is 12.0 Å². The summed E-state index contributed by atoms with van der Waals surface area (Å²) in [6, 6.07) is 3.91. The predicted octanol–water partition coefficient (Wildman–Crippen LogP) is 3.38. The van der Waals surface area contributed by atoms with Crippen LogP contribution in [0.2, 0.25) is 0 Å². The first kappa shape index (κ1) is 10.7. The van der Waals surface area contributed by atoms with Crippen molar-refractivity contribution in [2.75, 3.05) is 18.1 Å². The van der Waals surface area contributed by atoms with Crippen molar-refractivity contribution in [1.82, 2.24) is 4.98 Å². The standard InChI is InChI=1S/C10H9Br2N3/c1-14-10-5-2-3-6(11)9(13)8(5)7(12)4-15-10/h2-4H,13H2,1H3,(H,14,15). The smallest absolute Gasteiger partial charge is 0.133 e. The molecule has 0 saturated carbocycles. The lowest BCUT2D eigenvalue weighted by Crippen LogP contribution is -1.96. The molecule has 0 atom stereocenters. The van der Waals surface area contributed by atoms with Crippen LogP contribution in [0, 0.1) is 0 Å². The van der Waals surface area contributed by atoms with E-state index in [0.717, 1.165) is 31.2 Å². The lowest BCUT2D eigenvalue weighted by Gasteiger charge is -2.09. The first-order valence-electron chi connectivity index (χ1n) is 4.35. The van der Waals surface area contributed by atoms with Crippen molar-refractivity contribution >= 4 is 54.1 Å². The van der Waals surface area contributed by atoms with Crippen LogP contribution >= 0.6 is 31.9 Å². The maximum Gasteiger partial charge on any atom is 0.133 e. The third-order valence-corrected chi connectivity index (χ3v) is 3.52. The normalized spacial score (nSPS) is 10.6. The van der Waals surface area contributed by atoms with Crippen molar-refractivity contribution in [2.24, 2.45) is 0 Å². The molecule has 1 aromatic carbocycles. The molecule has 0 saturated heterocycles. The van der Waals surface area contributed by atoms with Crippen molar-refractivity contribution in [2.45, 2.75) is 0 Å². The molecular weight excluding hydrogens is 322 g/mol. The Hall–Kier alpha value is -0.810. The molecule has 0 aliphatic heterocycles. The SMILES string of the molecule is CNc1ncc(Br)c2c(N)c(Br)ccc12. The van der Waals surface area contributed by atoms with E-state index in [1.54, 1.807) is 6.20 Å². The average molecular weight is 331 g/mol. The molecule has 0 spiro atoms. The van der Waals surface area contributed by atoms with E-state index < -0.39 is 0 Å². The highest BCUT2D eigenvalue weighted by atomic mass is 79.9. The van der Waals surface area contributed by atoms with E-state index in [1.807, 2.05) is 19.2 Å². The fraction of sp³-hybridized carbons (Fsp3) is 0.100. The number of hydrogen-bond acceptors (Lipinski definition) is 3. The molecule has 1 aromatic heterocycles. The van der Waals surface area contributed by atoms with Crippen LogP contribution in [0.3, 0.4) is 0 Å². The number of rotatable bonds is 1. The highest BCUT2D eigenvalue weighted by Gasteiger charge is 2.09. The van der Waals surface area contributed by atoms with Gasteiger partial charge in [0.1, 0.15) is 5.82 Å². The Labute approximate surface area is 104 Å². The van der Waals surface area contributed by atoms with Gasteiger partial charge in [-0.15, -0.1) is 0 Å². The van der Waals surface area contributed by atoms with Crippen LogP contribution in [-0.2, 0) is 0 Å². The average Bonchev–Trinajstić information content (AvgIpc) is 2.24. The zero-order valence-corrected chi connectivity index (χ0v) is 11.2. The van der Waals surface area contributed by atoms with Gasteiger partial charge in [-0.05, 0) is 44.0 Å². The minimum absolute atomic E-state index is 0.721. The van der Waals surface area contributed by atoms with Gasteiger partial charge in [0.05, 0.1) is 5.69 Å². The molecule has 2 aromatic rings. The van der Waals surface area contributed by atoms with E-state index in [2.05, 4.69) is 42.2 Å². The summed E-state index contributed by atoms with van der Waals surface area (Å²) in [5.74, 6) is 0.826. The monoisotopic (exact) mass is 329 g/mol. The Kier molecular flexibility index (Phi) is 2.84. The van der Waals surface area contributed by atoms with Gasteiger partial charge in [-0.2, -0.15) is 0 Å². The quantitative estimate of drug-likeness (QED) is 0.788. The van der Waals surface area contributed by atoms with Crippen molar-refractivity contribution in [3.63, 3.8) is 0 Å². The number of nitrogens with two attached hydrogens (primary N) is 1. The van der Waals surface area contributed by atoms with Gasteiger partial charge in [0.15, 0.2) is 0 Å². The van der Waals surface area contributed by atoms with E-state index in [-0.39, 0.29) is 0 Å². The predicted molar refractivity (Wildman–Crippen MR) is 71.1 cm³/mol. The summed E-state index contributed by atoms with van der Waals surface area (Å²) in [7, 11) is 1.84. The molecule has 0 aliphatic rings. The lowest BCUT2D eigenvalue weighted by molar-refractivity contribution is 1.30. The van der Waals surface area contributed by atoms with Crippen LogP contribution in [0.1, 0.15) is 0 Å². The van der Waals surface area contributed by atoms with Gasteiger partial charge in [0, 0.05) is 33.0 Å². The maximum absolute atomic E-state index is 6.01. The zero-order chi connectivity index (χ0) is 11.0. The highest BCUT2D eigenvalue weighted by molar-refractivity contribution is 9.11. The van der Waals surface area contributed by atoms with Crippen LogP contribution in [0.4, 0.5) is 11.5 Å². The summed E-state index contributed by atoms with van der Waals surface area (Å²) >= 11 is 6.86. The second-order valence-corrected chi connectivity index (χ2v) is 4.80. The fourth-order valence-corrected chi connectivity index (χ4v) is 2.36. The Bertz CT molecular complexity index is 526. The molecule has 0 fully saturated rings. The highest BCUT2D eigenvalue weighted by Crippen LogP contribution is 2.36. The Balaban J connectivity index is 2.93. The van der Waals surface area contributed by atoms with Crippen LogP contribution in [0.15, 0.2) is 27.3 Å². The second-order valence-electron chi connectivity index (χ2n) is 3.09. The number of fused-ring (bicyclic) bond motifs is 1. The molecular formula is C10H9Br2N3. The van der Waals surface area contributed by atoms with Gasteiger partial charge in [-0.1, -0.05) is 0 Å². The minimum atomic E-state index is 0.721. The number of aromatic nitrogens is 1. The Morgan fingerprint density at radius 3 is 2.67 bits per heavy atom. The lowest BCUT2D eigenvalue weighted by atomic mass is 10.1. The van der Waals surface area contributed by atoms with Gasteiger partial charge < -0.3 is 11.1 Å². The molecule has 0 aliphatic carbocycles. The summed E-state index contributed by atoms with van der Waals surface area (Å²) < 4.78 is 1.79. The maximum atomic E-state index is 6.01. The molecule has 3 nitrogen and oxygen atoms in total. The van der Waals surface area contributed by atoms with E-state index >= 15 is 0 Å². The van der Waals surface area contributed by atoms with E-state index in [9.17, 15) is 0 Å². The topological polar surface area (TPSA) is 50.9 Å². The van der Waals surface area contributed by atoms with Gasteiger partial charge in [0.25, 0.3) is 0 Å². The second kappa shape index (κ2) is 3.98. The van der Waals surface area contributed by atoms with Crippen molar-refractivity contribution in [3.8, 4) is 0 Å². The van der Waals surface area contributed by atoms with E-state index in [4.69, 9.17) is 5.73 Å². The summed E-state index contributed by atoms with van der Waals surface area (Å²) in [5.41, 5.74) is 6.73. The number of halogens is 2. The van der Waals surface area contributed by atoms with Crippen molar-refractivity contribution in [3.05, 3.63) is 27.3 Å². The van der Waals surface area contributed by atoms with E-state index in [1.165, 1.54) is 0 Å². The van der Waals surface area contributed by atoms with Gasteiger partial charge >= 0.3 is 0 Å². The fourth-order valence-electron chi connectivity index (χ4n) is 1.50. The van der Waals surface area contributed by atoms with Gasteiger partial charge in [0.2, 0.25) is 0 Å². The number of benzene rings is 1. The van der Waals surface area contributed by atoms with Crippen molar-refractivity contribution in [1.29, 1.82) is 0 Å². The minimum Gasteiger partial charge on any atom is -0.397 e. The molecule has 5 heteroatoms. The number of nitrogen functional groups attached to an aromatic ring is 1. The summed E-state index contributed by atoms with van der Waals surface area (Å²) in [5, 5.41) is 5.02. The first-order valence-corrected chi connectivity index (χ1v) is 5.93. The summed E-state index contributed by atoms with van der Waals surface area (Å²) in [4.78, 5) is 4.27. The number of nitrogens with zero attached hydrogens (tertiary/aromatic N) is 1. The number of nitrogens with one attached hydrogen (secondary N) is 1. The molecule has 78 valence electrons. The van der Waals surface area contributed by atoms with Crippen molar-refractivity contribution < 1.29 is 0 Å². The molecule has 0 radical (unpaired) electrons. The largest absolute Gasteiger partial charge is 0.397 e. The molecule has 3 N–H and O–H groups in total. The zero-order valence-electron chi connectivity index (χ0n) is 8.01. The Morgan fingerprint density at radius 2 is 2.00 bits per heavy atom. The molecule has 1 heterocycles. The third-order valence-electron chi connectivity index (χ3n) is 2.23. The first-order chi connectivity index (χ1) is 7.15. The molecule has 0 bridgehead atoms. The molecule has 0 amide bonds. The molecule has 0 unspecified atom stereocenters. The van der Waals surface area contributed by atoms with Gasteiger partial charge in [-0.25, -0.2) is 4.98 Å². The number of anilines is 2. The van der Waals surface area contributed by atoms with Crippen LogP contribution in [0.5, 0.6) is 0 Å². The molecule has 15 heavy (non-hydrogen) atoms. The summed E-state index contributed by atoms with van der Waals surface area (Å²) in [6.07, 6.45) is 1.75. The number of pyridine rings is 1. The van der Waals surface area contributed by atoms with Crippen LogP contribution < -0.4 is 11.1 Å². The van der Waals surface area contributed by atoms with E-state index in [0.29, 0.717) is 0 Å². The Morgan fingerprint density at radius 1 is 1.27 bits per heavy atom. The number of hydrogen-bond donors (Lipinski definition) is 2. The van der Waals surface area contributed by atoms with Gasteiger partial charge in [-0.3, -0.25) is 0 Å². The van der Waals surface area contributed by atoms with Crippen LogP contribution in [0.25, 0.3) is 10.8 Å². The summed E-state index contributed by atoms with van der Waals surface area (Å²) in [6.45, 7) is 0. The third kappa shape index (κ3) is 1.70.